The normalized spacial score (nSPS) is 23.5. The highest BCUT2D eigenvalue weighted by molar-refractivity contribution is 9.10. The summed E-state index contributed by atoms with van der Waals surface area (Å²) >= 11 is 3.59. The Bertz CT molecular complexity index is 461. The molecule has 110 valence electrons. The van der Waals surface area contributed by atoms with Crippen LogP contribution in [0.15, 0.2) is 10.7 Å². The minimum absolute atomic E-state index is 0.696. The van der Waals surface area contributed by atoms with Gasteiger partial charge < -0.3 is 10.2 Å². The van der Waals surface area contributed by atoms with E-state index >= 15 is 0 Å². The van der Waals surface area contributed by atoms with Gasteiger partial charge in [-0.15, -0.1) is 0 Å². The number of nitrogens with one attached hydrogen (secondary N) is 1. The zero-order chi connectivity index (χ0) is 13.9. The molecule has 0 saturated carbocycles. The van der Waals surface area contributed by atoms with Gasteiger partial charge in [-0.3, -0.25) is 4.90 Å². The lowest BCUT2D eigenvalue weighted by Crippen LogP contribution is -2.35. The monoisotopic (exact) mass is 339 g/mol. The van der Waals surface area contributed by atoms with Gasteiger partial charge in [0.2, 0.25) is 5.95 Å². The molecule has 1 atom stereocenters. The number of nitrogens with zero attached hydrogens (tertiary/aromatic N) is 4. The molecule has 2 saturated heterocycles. The smallest absolute Gasteiger partial charge is 0.224 e. The van der Waals surface area contributed by atoms with E-state index in [-0.39, 0.29) is 0 Å². The van der Waals surface area contributed by atoms with Crippen molar-refractivity contribution in [3.8, 4) is 0 Å². The molecule has 2 aliphatic heterocycles. The molecule has 3 heterocycles. The summed E-state index contributed by atoms with van der Waals surface area (Å²) in [4.78, 5) is 14.0. The highest BCUT2D eigenvalue weighted by Gasteiger charge is 2.30. The average Bonchev–Trinajstić information content (AvgIpc) is 3.11. The van der Waals surface area contributed by atoms with E-state index in [9.17, 15) is 0 Å². The maximum Gasteiger partial charge on any atom is 0.224 e. The predicted molar refractivity (Wildman–Crippen MR) is 85.3 cm³/mol. The van der Waals surface area contributed by atoms with Gasteiger partial charge in [0.1, 0.15) is 5.82 Å². The summed E-state index contributed by atoms with van der Waals surface area (Å²) < 4.78 is 0.987. The molecule has 6 heteroatoms. The van der Waals surface area contributed by atoms with E-state index < -0.39 is 0 Å². The van der Waals surface area contributed by atoms with E-state index in [0.717, 1.165) is 35.9 Å². The molecule has 0 spiro atoms. The van der Waals surface area contributed by atoms with Gasteiger partial charge in [0.15, 0.2) is 0 Å². The lowest BCUT2D eigenvalue weighted by atomic mass is 10.2. The molecule has 1 aromatic rings. The SMILES string of the molecule is CCNc1ncc(Br)c(N2CCC(N3CCCC3)C2)n1. The second-order valence-corrected chi connectivity index (χ2v) is 6.38. The Labute approximate surface area is 128 Å². The fourth-order valence-electron chi connectivity index (χ4n) is 3.16. The fourth-order valence-corrected chi connectivity index (χ4v) is 3.60. The van der Waals surface area contributed by atoms with E-state index in [1.165, 1.54) is 32.4 Å². The Hall–Kier alpha value is -0.880. The maximum atomic E-state index is 4.64. The first-order valence-corrected chi connectivity index (χ1v) is 8.32. The number of aromatic nitrogens is 2. The molecule has 1 N–H and O–H groups in total. The molecule has 0 amide bonds. The number of halogens is 1. The number of anilines is 2. The summed E-state index contributed by atoms with van der Waals surface area (Å²) in [6, 6.07) is 0.696. The number of hydrogen-bond donors (Lipinski definition) is 1. The molecule has 3 rings (SSSR count). The summed E-state index contributed by atoms with van der Waals surface area (Å²) in [7, 11) is 0. The molecule has 2 fully saturated rings. The predicted octanol–water partition coefficient (Wildman–Crippen LogP) is 2.35. The van der Waals surface area contributed by atoms with Crippen LogP contribution < -0.4 is 10.2 Å². The van der Waals surface area contributed by atoms with Crippen LogP contribution in [-0.2, 0) is 0 Å². The third-order valence-corrected chi connectivity index (χ3v) is 4.74. The Kier molecular flexibility index (Phi) is 4.41. The van der Waals surface area contributed by atoms with Gasteiger partial charge in [-0.2, -0.15) is 4.98 Å². The standard InChI is InChI=1S/C14H22BrN5/c1-2-16-14-17-9-12(15)13(18-14)20-8-5-11(10-20)19-6-3-4-7-19/h9,11H,2-8,10H2,1H3,(H,16,17,18). The van der Waals surface area contributed by atoms with Gasteiger partial charge >= 0.3 is 0 Å². The quantitative estimate of drug-likeness (QED) is 0.912. The van der Waals surface area contributed by atoms with E-state index in [1.54, 1.807) is 0 Å². The maximum absolute atomic E-state index is 4.64. The van der Waals surface area contributed by atoms with Gasteiger partial charge in [0.05, 0.1) is 4.47 Å². The number of hydrogen-bond acceptors (Lipinski definition) is 5. The van der Waals surface area contributed by atoms with Crippen molar-refractivity contribution in [2.45, 2.75) is 32.2 Å². The highest BCUT2D eigenvalue weighted by atomic mass is 79.9. The van der Waals surface area contributed by atoms with Crippen molar-refractivity contribution in [2.24, 2.45) is 0 Å². The third kappa shape index (κ3) is 2.91. The molecule has 0 aromatic carbocycles. The molecule has 0 bridgehead atoms. The molecular weight excluding hydrogens is 318 g/mol. The van der Waals surface area contributed by atoms with Gasteiger partial charge in [-0.25, -0.2) is 4.98 Å². The first-order chi connectivity index (χ1) is 9.78. The Balaban J connectivity index is 1.71. The minimum Gasteiger partial charge on any atom is -0.354 e. The molecule has 2 aliphatic rings. The van der Waals surface area contributed by atoms with Crippen molar-refractivity contribution in [3.63, 3.8) is 0 Å². The first-order valence-electron chi connectivity index (χ1n) is 7.53. The largest absolute Gasteiger partial charge is 0.354 e. The molecular formula is C14H22BrN5. The van der Waals surface area contributed by atoms with Crippen LogP contribution in [0, 0.1) is 0 Å². The summed E-state index contributed by atoms with van der Waals surface area (Å²) in [6.45, 7) is 7.61. The molecule has 1 aromatic heterocycles. The van der Waals surface area contributed by atoms with E-state index in [2.05, 4.69) is 47.9 Å². The molecule has 1 unspecified atom stereocenters. The van der Waals surface area contributed by atoms with E-state index in [0.29, 0.717) is 6.04 Å². The zero-order valence-electron chi connectivity index (χ0n) is 12.0. The van der Waals surface area contributed by atoms with Crippen LogP contribution in [0.3, 0.4) is 0 Å². The minimum atomic E-state index is 0.696. The second kappa shape index (κ2) is 6.26. The topological polar surface area (TPSA) is 44.3 Å². The molecule has 5 nitrogen and oxygen atoms in total. The van der Waals surface area contributed by atoms with Crippen LogP contribution in [0.4, 0.5) is 11.8 Å². The van der Waals surface area contributed by atoms with Crippen LogP contribution in [-0.4, -0.2) is 53.6 Å². The van der Waals surface area contributed by atoms with Crippen molar-refractivity contribution in [3.05, 3.63) is 10.7 Å². The molecule has 0 radical (unpaired) electrons. The van der Waals surface area contributed by atoms with Crippen molar-refractivity contribution in [2.75, 3.05) is 42.9 Å². The van der Waals surface area contributed by atoms with Gasteiger partial charge in [-0.05, 0) is 55.2 Å². The van der Waals surface area contributed by atoms with E-state index in [4.69, 9.17) is 0 Å². The summed E-state index contributed by atoms with van der Waals surface area (Å²) in [5.41, 5.74) is 0. The summed E-state index contributed by atoms with van der Waals surface area (Å²) in [5.74, 6) is 1.74. The van der Waals surface area contributed by atoms with Gasteiger partial charge in [0.25, 0.3) is 0 Å². The molecule has 20 heavy (non-hydrogen) atoms. The van der Waals surface area contributed by atoms with Crippen LogP contribution in [0.25, 0.3) is 0 Å². The Morgan fingerprint density at radius 1 is 1.35 bits per heavy atom. The van der Waals surface area contributed by atoms with Crippen molar-refractivity contribution in [1.29, 1.82) is 0 Å². The van der Waals surface area contributed by atoms with Crippen molar-refractivity contribution < 1.29 is 0 Å². The van der Waals surface area contributed by atoms with Crippen LogP contribution >= 0.6 is 15.9 Å². The van der Waals surface area contributed by atoms with E-state index in [1.807, 2.05) is 6.20 Å². The lowest BCUT2D eigenvalue weighted by molar-refractivity contribution is 0.260. The first kappa shape index (κ1) is 14.1. The second-order valence-electron chi connectivity index (χ2n) is 5.53. The third-order valence-electron chi connectivity index (χ3n) is 4.18. The zero-order valence-corrected chi connectivity index (χ0v) is 13.6. The van der Waals surface area contributed by atoms with Crippen LogP contribution in [0.1, 0.15) is 26.2 Å². The fraction of sp³-hybridized carbons (Fsp3) is 0.714. The number of likely N-dealkylation sites (tertiary alicyclic amines) is 1. The summed E-state index contributed by atoms with van der Waals surface area (Å²) in [5, 5.41) is 3.18. The average molecular weight is 340 g/mol. The van der Waals surface area contributed by atoms with Crippen LogP contribution in [0.5, 0.6) is 0 Å². The lowest BCUT2D eigenvalue weighted by Gasteiger charge is -2.24. The van der Waals surface area contributed by atoms with Gasteiger partial charge in [0, 0.05) is 31.9 Å². The number of rotatable bonds is 4. The summed E-state index contributed by atoms with van der Waals surface area (Å²) in [6.07, 6.45) is 5.81. The van der Waals surface area contributed by atoms with Gasteiger partial charge in [-0.1, -0.05) is 0 Å². The van der Waals surface area contributed by atoms with Crippen molar-refractivity contribution >= 4 is 27.7 Å². The Morgan fingerprint density at radius 3 is 2.90 bits per heavy atom. The van der Waals surface area contributed by atoms with Crippen molar-refractivity contribution in [1.82, 2.24) is 14.9 Å². The molecule has 0 aliphatic carbocycles. The Morgan fingerprint density at radius 2 is 2.15 bits per heavy atom. The highest BCUT2D eigenvalue weighted by Crippen LogP contribution is 2.29. The van der Waals surface area contributed by atoms with Crippen LogP contribution in [0.2, 0.25) is 0 Å².